The Morgan fingerprint density at radius 2 is 1.97 bits per heavy atom. The van der Waals surface area contributed by atoms with Crippen LogP contribution in [-0.2, 0) is 11.0 Å². The molecule has 5 rings (SSSR count). The molecule has 0 radical (unpaired) electrons. The maximum Gasteiger partial charge on any atom is 0.433 e. The molecule has 4 unspecified atom stereocenters. The Labute approximate surface area is 193 Å². The molecule has 2 aromatic rings. The average molecular weight is 472 g/mol. The van der Waals surface area contributed by atoms with Crippen LogP contribution in [0.1, 0.15) is 48.8 Å². The Kier molecular flexibility index (Phi) is 5.71. The Bertz CT molecular complexity index is 1090. The first-order valence-electron chi connectivity index (χ1n) is 11.1. The second-order valence-electron chi connectivity index (χ2n) is 8.87. The van der Waals surface area contributed by atoms with Gasteiger partial charge in [-0.05, 0) is 37.5 Å². The molecule has 7 atom stereocenters. The lowest BCUT2D eigenvalue weighted by Crippen LogP contribution is -2.68. The van der Waals surface area contributed by atoms with Gasteiger partial charge in [-0.2, -0.15) is 18.4 Å². The molecule has 1 saturated carbocycles. The van der Waals surface area contributed by atoms with Crippen LogP contribution in [0.2, 0.25) is 0 Å². The molecule has 0 aromatic carbocycles. The molecule has 4 heterocycles. The van der Waals surface area contributed by atoms with Gasteiger partial charge in [0.1, 0.15) is 17.6 Å². The smallest absolute Gasteiger partial charge is 0.340 e. The highest BCUT2D eigenvalue weighted by Crippen LogP contribution is 2.44. The van der Waals surface area contributed by atoms with E-state index in [1.54, 1.807) is 30.4 Å². The summed E-state index contributed by atoms with van der Waals surface area (Å²) in [5.41, 5.74) is 2.63. The number of hydrogen-bond donors (Lipinski definition) is 3. The predicted molar refractivity (Wildman–Crippen MR) is 112 cm³/mol. The van der Waals surface area contributed by atoms with Crippen LogP contribution in [0, 0.1) is 23.2 Å². The summed E-state index contributed by atoms with van der Waals surface area (Å²) in [5, 5.41) is 17.9. The van der Waals surface area contributed by atoms with Gasteiger partial charge in [0.25, 0.3) is 0 Å². The first-order chi connectivity index (χ1) is 16.3. The van der Waals surface area contributed by atoms with E-state index in [9.17, 15) is 23.2 Å². The van der Waals surface area contributed by atoms with Gasteiger partial charge in [-0.15, -0.1) is 0 Å². The lowest BCUT2D eigenvalue weighted by molar-refractivity contribution is -0.141. The van der Waals surface area contributed by atoms with Gasteiger partial charge in [0.05, 0.1) is 24.3 Å². The van der Waals surface area contributed by atoms with Crippen LogP contribution in [0.4, 0.5) is 13.2 Å². The van der Waals surface area contributed by atoms with Crippen molar-refractivity contribution < 1.29 is 18.0 Å². The van der Waals surface area contributed by atoms with E-state index >= 15 is 0 Å². The lowest BCUT2D eigenvalue weighted by Gasteiger charge is -2.47. The second-order valence-corrected chi connectivity index (χ2v) is 8.87. The summed E-state index contributed by atoms with van der Waals surface area (Å²) in [6.07, 6.45) is 0.955. The molecular formula is C22H23F3N8O. The number of nitriles is 1. The number of nitrogens with zero attached hydrogens (tertiary/aromatic N) is 5. The Balaban J connectivity index is 1.37. The number of carbonyl (C=O) groups is 1. The van der Waals surface area contributed by atoms with Crippen LogP contribution < -0.4 is 16.1 Å². The van der Waals surface area contributed by atoms with Gasteiger partial charge < -0.3 is 5.32 Å². The summed E-state index contributed by atoms with van der Waals surface area (Å²) in [6.45, 7) is 1.79. The molecule has 9 nitrogen and oxygen atoms in total. The van der Waals surface area contributed by atoms with Crippen LogP contribution in [0.15, 0.2) is 36.8 Å². The zero-order valence-electron chi connectivity index (χ0n) is 18.2. The van der Waals surface area contributed by atoms with Crippen molar-refractivity contribution in [1.82, 2.24) is 36.0 Å². The quantitative estimate of drug-likeness (QED) is 0.617. The minimum absolute atomic E-state index is 0.0818. The number of hydrogen-bond acceptors (Lipinski definition) is 8. The van der Waals surface area contributed by atoms with Gasteiger partial charge in [0.15, 0.2) is 0 Å². The Morgan fingerprint density at radius 1 is 1.21 bits per heavy atom. The van der Waals surface area contributed by atoms with Gasteiger partial charge >= 0.3 is 6.18 Å². The molecule has 12 heteroatoms. The third-order valence-electron chi connectivity index (χ3n) is 7.03. The molecule has 178 valence electrons. The van der Waals surface area contributed by atoms with E-state index in [0.29, 0.717) is 5.56 Å². The van der Waals surface area contributed by atoms with Crippen molar-refractivity contribution >= 4 is 5.91 Å². The highest BCUT2D eigenvalue weighted by Gasteiger charge is 2.54. The maximum atomic E-state index is 13.1. The monoisotopic (exact) mass is 472 g/mol. The van der Waals surface area contributed by atoms with Crippen molar-refractivity contribution in [3.8, 4) is 6.07 Å². The van der Waals surface area contributed by atoms with Crippen LogP contribution in [0.5, 0.6) is 0 Å². The zero-order chi connectivity index (χ0) is 24.0. The summed E-state index contributed by atoms with van der Waals surface area (Å²) in [5.74, 6) is -0.0114. The molecule has 0 spiro atoms. The number of hydrazine groups is 1. The largest absolute Gasteiger partial charge is 0.433 e. The van der Waals surface area contributed by atoms with Gasteiger partial charge in [-0.25, -0.2) is 20.4 Å². The summed E-state index contributed by atoms with van der Waals surface area (Å²) in [6, 6.07) is 4.95. The summed E-state index contributed by atoms with van der Waals surface area (Å²) >= 11 is 0. The third kappa shape index (κ3) is 3.89. The standard InChI is InChI=1S/C22H23F3N8O/c1-11(12-3-6-16(29-10-12)22(23,24)25)33-20-17(15(9-26)32-33)21(34)31-19(30-20)14-5-4-13(14)18-27-7-2-8-28-18/h2-3,6-8,10-11,13-15,17,19-20,30,32H,4-5H2,1H3,(H,31,34)/t11-,13-,14-,15?,17?,19?,20?/m1/s1. The van der Waals surface area contributed by atoms with E-state index in [1.807, 2.05) is 0 Å². The number of fused-ring (bicyclic) bond motifs is 1. The fraction of sp³-hybridized carbons (Fsp3) is 0.500. The van der Waals surface area contributed by atoms with E-state index in [0.717, 1.165) is 24.7 Å². The fourth-order valence-electron chi connectivity index (χ4n) is 5.05. The normalized spacial score (nSPS) is 32.3. The molecule has 0 bridgehead atoms. The average Bonchev–Trinajstić information content (AvgIpc) is 3.17. The second kappa shape index (κ2) is 8.57. The number of pyridine rings is 1. The number of alkyl halides is 3. The van der Waals surface area contributed by atoms with Crippen molar-refractivity contribution in [2.45, 2.75) is 56.3 Å². The minimum atomic E-state index is -4.53. The van der Waals surface area contributed by atoms with Gasteiger partial charge in [0.2, 0.25) is 5.91 Å². The number of carbonyl (C=O) groups excluding carboxylic acids is 1. The number of halogens is 3. The number of amides is 1. The fourth-order valence-corrected chi connectivity index (χ4v) is 5.05. The minimum Gasteiger partial charge on any atom is -0.340 e. The number of aromatic nitrogens is 3. The topological polar surface area (TPSA) is 119 Å². The maximum absolute atomic E-state index is 13.1. The molecule has 1 aliphatic carbocycles. The van der Waals surface area contributed by atoms with Gasteiger partial charge in [0, 0.05) is 36.5 Å². The van der Waals surface area contributed by atoms with Crippen LogP contribution in [-0.4, -0.2) is 44.2 Å². The third-order valence-corrected chi connectivity index (χ3v) is 7.03. The molecule has 34 heavy (non-hydrogen) atoms. The van der Waals surface area contributed by atoms with Crippen molar-refractivity contribution in [2.24, 2.45) is 11.8 Å². The molecule has 3 aliphatic rings. The molecule has 1 amide bonds. The Hall–Kier alpha value is -3.14. The molecule has 3 fully saturated rings. The van der Waals surface area contributed by atoms with Crippen LogP contribution in [0.3, 0.4) is 0 Å². The molecule has 2 aromatic heterocycles. The highest BCUT2D eigenvalue weighted by molar-refractivity contribution is 5.82. The molecule has 2 saturated heterocycles. The SMILES string of the molecule is C[C@H](c1ccc(C(F)(F)F)nc1)N1NC(C#N)C2C(=O)NC([C@@H]3CC[C@H]3c3ncccn3)NC21. The lowest BCUT2D eigenvalue weighted by atomic mass is 9.70. The molecule has 2 aliphatic heterocycles. The van der Waals surface area contributed by atoms with Crippen molar-refractivity contribution in [2.75, 3.05) is 0 Å². The van der Waals surface area contributed by atoms with E-state index in [2.05, 4.69) is 37.1 Å². The highest BCUT2D eigenvalue weighted by atomic mass is 19.4. The van der Waals surface area contributed by atoms with Crippen molar-refractivity contribution in [3.63, 3.8) is 0 Å². The van der Waals surface area contributed by atoms with E-state index < -0.39 is 36.0 Å². The molecular weight excluding hydrogens is 449 g/mol. The number of nitrogens with one attached hydrogen (secondary N) is 3. The first kappa shape index (κ1) is 22.6. The van der Waals surface area contributed by atoms with Crippen LogP contribution >= 0.6 is 0 Å². The van der Waals surface area contributed by atoms with Crippen LogP contribution in [0.25, 0.3) is 0 Å². The van der Waals surface area contributed by atoms with E-state index in [-0.39, 0.29) is 23.9 Å². The number of rotatable bonds is 4. The van der Waals surface area contributed by atoms with Gasteiger partial charge in [-0.3, -0.25) is 15.1 Å². The van der Waals surface area contributed by atoms with Gasteiger partial charge in [-0.1, -0.05) is 6.07 Å². The van der Waals surface area contributed by atoms with E-state index in [1.165, 1.54) is 12.3 Å². The predicted octanol–water partition coefficient (Wildman–Crippen LogP) is 1.85. The first-order valence-corrected chi connectivity index (χ1v) is 11.1. The van der Waals surface area contributed by atoms with E-state index in [4.69, 9.17) is 0 Å². The molecule has 3 N–H and O–H groups in total. The van der Waals surface area contributed by atoms with Crippen molar-refractivity contribution in [3.05, 3.63) is 53.9 Å². The van der Waals surface area contributed by atoms with Crippen molar-refractivity contribution in [1.29, 1.82) is 5.26 Å². The Morgan fingerprint density at radius 3 is 2.56 bits per heavy atom. The summed E-state index contributed by atoms with van der Waals surface area (Å²) < 4.78 is 38.7. The summed E-state index contributed by atoms with van der Waals surface area (Å²) in [4.78, 5) is 25.3. The summed E-state index contributed by atoms with van der Waals surface area (Å²) in [7, 11) is 0. The zero-order valence-corrected chi connectivity index (χ0v) is 18.2.